The van der Waals surface area contributed by atoms with Crippen LogP contribution in [0.15, 0.2) is 78.9 Å². The molecule has 5 aromatic rings. The van der Waals surface area contributed by atoms with Gasteiger partial charge in [0.25, 0.3) is 11.8 Å². The number of amides is 2. The van der Waals surface area contributed by atoms with Gasteiger partial charge in [0.05, 0.1) is 62.6 Å². The fourth-order valence-corrected chi connectivity index (χ4v) is 7.11. The summed E-state index contributed by atoms with van der Waals surface area (Å²) in [5.74, 6) is 2.38. The van der Waals surface area contributed by atoms with Gasteiger partial charge in [-0.1, -0.05) is 18.2 Å². The van der Waals surface area contributed by atoms with E-state index in [9.17, 15) is 9.59 Å². The van der Waals surface area contributed by atoms with Gasteiger partial charge in [-0.25, -0.2) is 9.88 Å². The van der Waals surface area contributed by atoms with Crippen LogP contribution in [0.25, 0.3) is 12.2 Å². The average molecular weight is 849 g/mol. The number of methoxy groups -OCH3 is 8. The van der Waals surface area contributed by atoms with Crippen molar-refractivity contribution in [3.05, 3.63) is 113 Å². The van der Waals surface area contributed by atoms with Crippen molar-refractivity contribution in [2.75, 3.05) is 79.8 Å². The minimum atomic E-state index is -0.654. The monoisotopic (exact) mass is 848 g/mol. The van der Waals surface area contributed by atoms with Gasteiger partial charge in [-0.15, -0.1) is 0 Å². The van der Waals surface area contributed by atoms with E-state index in [2.05, 4.69) is 43.0 Å². The molecule has 0 atom stereocenters. The lowest BCUT2D eigenvalue weighted by Crippen LogP contribution is -2.36. The number of carbonyl (C=O) groups is 2. The highest BCUT2D eigenvalue weighted by molar-refractivity contribution is 6.22. The molecular formula is C48H56N4O10. The normalized spacial score (nSPS) is 11.1. The number of carbonyl (C=O) groups excluding carboxylic acids is 2. The van der Waals surface area contributed by atoms with Crippen molar-refractivity contribution in [3.63, 3.8) is 0 Å². The highest BCUT2D eigenvalue weighted by atomic mass is 16.5. The second-order valence-corrected chi connectivity index (χ2v) is 13.8. The molecule has 328 valence electrons. The molecular weight excluding hydrogens is 793 g/mol. The number of hydrogen-bond acceptors (Lipinski definition) is 12. The largest absolute Gasteiger partial charge is 0.493 e. The maximum absolute atomic E-state index is 14.5. The summed E-state index contributed by atoms with van der Waals surface area (Å²) in [5.41, 5.74) is 5.63. The van der Waals surface area contributed by atoms with Crippen LogP contribution in [0.2, 0.25) is 0 Å². The summed E-state index contributed by atoms with van der Waals surface area (Å²) in [6, 6.07) is 20.9. The SMILES string of the molecule is CCN(CC)c1ccc(Cc2c(Cc3ccc(OC)c(OC)c3)nc(N(C(=O)/C=C/c3cc(OC)c(OC)c(OC)c3)C(=O)/C=C/c3cc(OC)c(OC)c(OC)c3)n2C)cc1. The lowest BCUT2D eigenvalue weighted by molar-refractivity contribution is -0.121. The minimum absolute atomic E-state index is 0.120. The van der Waals surface area contributed by atoms with Crippen LogP contribution < -0.4 is 47.7 Å². The Morgan fingerprint density at radius 2 is 1.02 bits per heavy atom. The topological polar surface area (TPSA) is 132 Å². The number of nitrogens with zero attached hydrogens (tertiary/aromatic N) is 4. The van der Waals surface area contributed by atoms with Crippen LogP contribution in [0, 0.1) is 0 Å². The number of hydrogen-bond donors (Lipinski definition) is 0. The first-order valence-corrected chi connectivity index (χ1v) is 19.9. The molecule has 0 aliphatic carbocycles. The number of aromatic nitrogens is 2. The molecule has 14 nitrogen and oxygen atoms in total. The van der Waals surface area contributed by atoms with Gasteiger partial charge in [-0.3, -0.25) is 9.59 Å². The van der Waals surface area contributed by atoms with Crippen molar-refractivity contribution in [2.24, 2.45) is 7.05 Å². The van der Waals surface area contributed by atoms with Gasteiger partial charge in [0.2, 0.25) is 17.4 Å². The third-order valence-electron chi connectivity index (χ3n) is 10.4. The summed E-state index contributed by atoms with van der Waals surface area (Å²) < 4.78 is 46.0. The quantitative estimate of drug-likeness (QED) is 0.0708. The zero-order valence-electron chi connectivity index (χ0n) is 37.4. The summed E-state index contributed by atoms with van der Waals surface area (Å²) >= 11 is 0. The number of anilines is 2. The Hall–Kier alpha value is -7.09. The molecule has 0 saturated carbocycles. The predicted octanol–water partition coefficient (Wildman–Crippen LogP) is 7.80. The Balaban J connectivity index is 1.66. The molecule has 0 aliphatic rings. The average Bonchev–Trinajstić information content (AvgIpc) is 3.59. The number of rotatable bonds is 20. The third kappa shape index (κ3) is 10.3. The van der Waals surface area contributed by atoms with Crippen LogP contribution in [0.3, 0.4) is 0 Å². The van der Waals surface area contributed by atoms with Gasteiger partial charge < -0.3 is 47.4 Å². The number of ether oxygens (including phenoxy) is 8. The smallest absolute Gasteiger partial charge is 0.260 e. The van der Waals surface area contributed by atoms with Crippen molar-refractivity contribution in [1.29, 1.82) is 0 Å². The Labute approximate surface area is 363 Å². The first-order valence-electron chi connectivity index (χ1n) is 19.9. The van der Waals surface area contributed by atoms with Gasteiger partial charge >= 0.3 is 0 Å². The standard InChI is InChI=1S/C48H56N4O10/c1-12-51(13-2)35-19-14-31(15-20-35)25-37-36(24-32-16-21-38(55-4)39(26-32)56-5)49-48(50(37)3)52(44(53)22-17-33-27-40(57-6)46(61-10)41(28-33)58-7)45(54)23-18-34-29-42(59-8)47(62-11)43(30-34)60-9/h14-23,26-30H,12-13,24-25H2,1-11H3/b22-17+,23-18+. The van der Waals surface area contributed by atoms with Crippen molar-refractivity contribution in [1.82, 2.24) is 9.55 Å². The fraction of sp³-hybridized carbons (Fsp3) is 0.312. The fourth-order valence-electron chi connectivity index (χ4n) is 7.11. The van der Waals surface area contributed by atoms with Crippen molar-refractivity contribution < 1.29 is 47.5 Å². The van der Waals surface area contributed by atoms with Gasteiger partial charge in [-0.05, 0) is 96.8 Å². The molecule has 0 saturated heterocycles. The molecule has 0 unspecified atom stereocenters. The van der Waals surface area contributed by atoms with E-state index in [1.807, 2.05) is 18.2 Å². The van der Waals surface area contributed by atoms with Gasteiger partial charge in [0.15, 0.2) is 34.5 Å². The molecule has 4 aromatic carbocycles. The summed E-state index contributed by atoms with van der Waals surface area (Å²) in [6.07, 6.45) is 6.58. The zero-order valence-corrected chi connectivity index (χ0v) is 37.4. The highest BCUT2D eigenvalue weighted by Gasteiger charge is 2.28. The molecule has 14 heteroatoms. The zero-order chi connectivity index (χ0) is 44.9. The Morgan fingerprint density at radius 1 is 0.565 bits per heavy atom. The van der Waals surface area contributed by atoms with Crippen LogP contribution >= 0.6 is 0 Å². The van der Waals surface area contributed by atoms with E-state index in [4.69, 9.17) is 42.9 Å². The van der Waals surface area contributed by atoms with Crippen LogP contribution in [0.5, 0.6) is 46.0 Å². The molecule has 0 spiro atoms. The minimum Gasteiger partial charge on any atom is -0.493 e. The van der Waals surface area contributed by atoms with Crippen molar-refractivity contribution in [3.8, 4) is 46.0 Å². The van der Waals surface area contributed by atoms with E-state index in [0.717, 1.165) is 40.5 Å². The molecule has 0 fully saturated rings. The van der Waals surface area contributed by atoms with Crippen molar-refractivity contribution in [2.45, 2.75) is 26.7 Å². The van der Waals surface area contributed by atoms with Crippen LogP contribution in [-0.4, -0.2) is 91.3 Å². The van der Waals surface area contributed by atoms with Crippen LogP contribution in [-0.2, 0) is 29.5 Å². The molecule has 0 bridgehead atoms. The van der Waals surface area contributed by atoms with Crippen LogP contribution in [0.1, 0.15) is 47.5 Å². The second-order valence-electron chi connectivity index (χ2n) is 13.8. The highest BCUT2D eigenvalue weighted by Crippen LogP contribution is 2.40. The maximum atomic E-state index is 14.5. The Morgan fingerprint density at radius 3 is 1.44 bits per heavy atom. The first-order chi connectivity index (χ1) is 30.0. The molecule has 0 radical (unpaired) electrons. The van der Waals surface area contributed by atoms with E-state index in [1.165, 1.54) is 54.8 Å². The third-order valence-corrected chi connectivity index (χ3v) is 10.4. The van der Waals surface area contributed by atoms with Gasteiger partial charge in [0, 0.05) is 56.5 Å². The van der Waals surface area contributed by atoms with Crippen LogP contribution in [0.4, 0.5) is 11.6 Å². The van der Waals surface area contributed by atoms with Gasteiger partial charge in [0.1, 0.15) is 0 Å². The van der Waals surface area contributed by atoms with E-state index in [-0.39, 0.29) is 5.95 Å². The molecule has 62 heavy (non-hydrogen) atoms. The lowest BCUT2D eigenvalue weighted by atomic mass is 10.0. The van der Waals surface area contributed by atoms with E-state index < -0.39 is 11.8 Å². The molecule has 2 amide bonds. The van der Waals surface area contributed by atoms with Gasteiger partial charge in [-0.2, -0.15) is 0 Å². The summed E-state index contributed by atoms with van der Waals surface area (Å²) in [7, 11) is 14.0. The molecule has 1 aromatic heterocycles. The molecule has 5 rings (SSSR count). The number of benzene rings is 4. The predicted molar refractivity (Wildman–Crippen MR) is 241 cm³/mol. The second kappa shape index (κ2) is 21.4. The Kier molecular flexibility index (Phi) is 15.9. The van der Waals surface area contributed by atoms with Crippen molar-refractivity contribution >= 4 is 35.6 Å². The van der Waals surface area contributed by atoms with E-state index in [0.29, 0.717) is 75.7 Å². The maximum Gasteiger partial charge on any atom is 0.260 e. The number of imidazole rings is 1. The molecule has 0 N–H and O–H groups in total. The summed E-state index contributed by atoms with van der Waals surface area (Å²) in [4.78, 5) is 37.5. The first kappa shape index (κ1) is 46.0. The Bertz CT molecular complexity index is 2260. The number of imide groups is 1. The van der Waals surface area contributed by atoms with E-state index in [1.54, 1.807) is 62.3 Å². The molecule has 1 heterocycles. The summed E-state index contributed by atoms with van der Waals surface area (Å²) in [6.45, 7) is 6.03. The summed E-state index contributed by atoms with van der Waals surface area (Å²) in [5, 5.41) is 0. The molecule has 0 aliphatic heterocycles. The lowest BCUT2D eigenvalue weighted by Gasteiger charge is -2.21. The van der Waals surface area contributed by atoms with E-state index >= 15 is 0 Å².